The summed E-state index contributed by atoms with van der Waals surface area (Å²) < 4.78 is 22.9. The molecule has 1 heterocycles. The Morgan fingerprint density at radius 1 is 1.35 bits per heavy atom. The molecule has 0 spiro atoms. The maximum absolute atomic E-state index is 11.9. The molecule has 0 radical (unpaired) electrons. The van der Waals surface area contributed by atoms with Gasteiger partial charge in [0, 0.05) is 18.4 Å². The lowest BCUT2D eigenvalue weighted by Gasteiger charge is -2.29. The van der Waals surface area contributed by atoms with Crippen molar-refractivity contribution in [2.75, 3.05) is 12.8 Å². The Hall–Kier alpha value is -0.880. The van der Waals surface area contributed by atoms with Crippen molar-refractivity contribution in [3.63, 3.8) is 0 Å². The highest BCUT2D eigenvalue weighted by molar-refractivity contribution is 9.09. The van der Waals surface area contributed by atoms with Crippen LogP contribution in [0.15, 0.2) is 18.2 Å². The molecule has 110 valence electrons. The van der Waals surface area contributed by atoms with Gasteiger partial charge in [-0.1, -0.05) is 28.1 Å². The third-order valence-corrected chi connectivity index (χ3v) is 8.04. The van der Waals surface area contributed by atoms with Gasteiger partial charge in [-0.2, -0.15) is 0 Å². The lowest BCUT2D eigenvalue weighted by Crippen LogP contribution is -2.36. The average Bonchev–Trinajstić information content (AvgIpc) is 2.36. The molecule has 0 aliphatic carbocycles. The van der Waals surface area contributed by atoms with Crippen LogP contribution in [0, 0.1) is 0 Å². The molecule has 0 fully saturated rings. The molecule has 1 amide bonds. The molecule has 0 aromatic heterocycles. The lowest BCUT2D eigenvalue weighted by atomic mass is 9.94. The van der Waals surface area contributed by atoms with Gasteiger partial charge in [-0.25, -0.2) is 8.42 Å². The van der Waals surface area contributed by atoms with E-state index in [0.717, 1.165) is 17.5 Å². The van der Waals surface area contributed by atoms with Gasteiger partial charge in [-0.05, 0) is 37.5 Å². The predicted molar refractivity (Wildman–Crippen MR) is 83.1 cm³/mol. The van der Waals surface area contributed by atoms with Crippen LogP contribution in [0.4, 0.5) is 0 Å². The van der Waals surface area contributed by atoms with E-state index in [1.165, 1.54) is 6.26 Å². The molecule has 4 nitrogen and oxygen atoms in total. The van der Waals surface area contributed by atoms with Crippen LogP contribution in [0.1, 0.15) is 40.2 Å². The van der Waals surface area contributed by atoms with Crippen LogP contribution in [0.2, 0.25) is 0 Å². The summed E-state index contributed by atoms with van der Waals surface area (Å²) in [5.74, 6) is -0.0926. The summed E-state index contributed by atoms with van der Waals surface area (Å²) in [4.78, 5) is 11.5. The molecular weight excluding hydrogens is 342 g/mol. The van der Waals surface area contributed by atoms with E-state index < -0.39 is 14.6 Å². The number of sulfone groups is 1. The van der Waals surface area contributed by atoms with Gasteiger partial charge in [0.25, 0.3) is 5.91 Å². The molecule has 20 heavy (non-hydrogen) atoms. The van der Waals surface area contributed by atoms with E-state index in [1.807, 2.05) is 12.1 Å². The van der Waals surface area contributed by atoms with E-state index in [1.54, 1.807) is 19.9 Å². The normalized spacial score (nSPS) is 17.3. The van der Waals surface area contributed by atoms with Gasteiger partial charge in [-0.3, -0.25) is 4.79 Å². The van der Waals surface area contributed by atoms with Crippen LogP contribution < -0.4 is 5.32 Å². The van der Waals surface area contributed by atoms with Crippen molar-refractivity contribution < 1.29 is 13.2 Å². The molecule has 0 saturated heterocycles. The van der Waals surface area contributed by atoms with Crippen LogP contribution in [0.25, 0.3) is 0 Å². The second-order valence-corrected chi connectivity index (χ2v) is 9.17. The van der Waals surface area contributed by atoms with Crippen LogP contribution in [0.3, 0.4) is 0 Å². The number of halogens is 1. The number of carbonyl (C=O) groups excluding carboxylic acids is 1. The Morgan fingerprint density at radius 3 is 2.60 bits per heavy atom. The van der Waals surface area contributed by atoms with E-state index >= 15 is 0 Å². The van der Waals surface area contributed by atoms with E-state index in [4.69, 9.17) is 0 Å². The van der Waals surface area contributed by atoms with Crippen LogP contribution in [0.5, 0.6) is 0 Å². The minimum atomic E-state index is -3.23. The Kier molecular flexibility index (Phi) is 3.99. The van der Waals surface area contributed by atoms with Gasteiger partial charge in [0.15, 0.2) is 9.84 Å². The summed E-state index contributed by atoms with van der Waals surface area (Å²) in [6.45, 7) is 4.01. The number of benzene rings is 1. The fraction of sp³-hybridized carbons (Fsp3) is 0.500. The zero-order chi connectivity index (χ0) is 15.1. The zero-order valence-electron chi connectivity index (χ0n) is 11.7. The standard InChI is InChI=1S/C14H18BrNO3S/c1-14(2,20(3,18)19)12(15)10-5-4-9-6-7-16-13(17)11(9)8-10/h4-5,8,12H,6-7H2,1-3H3,(H,16,17). The summed E-state index contributed by atoms with van der Waals surface area (Å²) in [5, 5.41) is 2.80. The summed E-state index contributed by atoms with van der Waals surface area (Å²) in [5.41, 5.74) is 2.45. The van der Waals surface area contributed by atoms with Crippen molar-refractivity contribution in [1.29, 1.82) is 0 Å². The molecular formula is C14H18BrNO3S. The topological polar surface area (TPSA) is 63.2 Å². The smallest absolute Gasteiger partial charge is 0.251 e. The molecule has 1 aliphatic heterocycles. The van der Waals surface area contributed by atoms with Gasteiger partial charge in [0.2, 0.25) is 0 Å². The van der Waals surface area contributed by atoms with Gasteiger partial charge >= 0.3 is 0 Å². The molecule has 1 aromatic carbocycles. The summed E-state index contributed by atoms with van der Waals surface area (Å²) in [7, 11) is -3.23. The van der Waals surface area contributed by atoms with E-state index in [0.29, 0.717) is 12.1 Å². The van der Waals surface area contributed by atoms with Crippen molar-refractivity contribution in [3.05, 3.63) is 34.9 Å². The molecule has 1 unspecified atom stereocenters. The molecule has 1 aliphatic rings. The van der Waals surface area contributed by atoms with Gasteiger partial charge in [-0.15, -0.1) is 0 Å². The Morgan fingerprint density at radius 2 is 2.00 bits per heavy atom. The number of nitrogens with one attached hydrogen (secondary N) is 1. The number of hydrogen-bond acceptors (Lipinski definition) is 3. The highest BCUT2D eigenvalue weighted by Crippen LogP contribution is 2.39. The maximum atomic E-state index is 11.9. The number of hydrogen-bond donors (Lipinski definition) is 1. The second kappa shape index (κ2) is 5.15. The molecule has 1 aromatic rings. The minimum Gasteiger partial charge on any atom is -0.352 e. The molecule has 0 saturated carbocycles. The van der Waals surface area contributed by atoms with Gasteiger partial charge in [0.05, 0.1) is 9.57 Å². The number of rotatable bonds is 3. The highest BCUT2D eigenvalue weighted by atomic mass is 79.9. The second-order valence-electron chi connectivity index (χ2n) is 5.66. The van der Waals surface area contributed by atoms with Crippen molar-refractivity contribution in [2.24, 2.45) is 0 Å². The quantitative estimate of drug-likeness (QED) is 0.841. The van der Waals surface area contributed by atoms with E-state index in [9.17, 15) is 13.2 Å². The van der Waals surface area contributed by atoms with Crippen LogP contribution in [-0.4, -0.2) is 31.9 Å². The lowest BCUT2D eigenvalue weighted by molar-refractivity contribution is 0.0946. The predicted octanol–water partition coefficient (Wildman–Crippen LogP) is 2.23. The third-order valence-electron chi connectivity index (χ3n) is 3.92. The van der Waals surface area contributed by atoms with Crippen LogP contribution >= 0.6 is 15.9 Å². The third kappa shape index (κ3) is 2.63. The first-order chi connectivity index (χ1) is 9.14. The molecule has 1 N–H and O–H groups in total. The monoisotopic (exact) mass is 359 g/mol. The van der Waals surface area contributed by atoms with E-state index in [-0.39, 0.29) is 10.7 Å². The van der Waals surface area contributed by atoms with Crippen molar-refractivity contribution >= 4 is 31.7 Å². The number of carbonyl (C=O) groups is 1. The van der Waals surface area contributed by atoms with Crippen molar-refractivity contribution in [3.8, 4) is 0 Å². The summed E-state index contributed by atoms with van der Waals surface area (Å²) in [6.07, 6.45) is 2.04. The fourth-order valence-corrected chi connectivity index (χ4v) is 3.99. The fourth-order valence-electron chi connectivity index (χ4n) is 2.18. The Balaban J connectivity index is 2.44. The number of fused-ring (bicyclic) bond motifs is 1. The van der Waals surface area contributed by atoms with Crippen molar-refractivity contribution in [2.45, 2.75) is 29.8 Å². The number of alkyl halides is 1. The largest absolute Gasteiger partial charge is 0.352 e. The maximum Gasteiger partial charge on any atom is 0.251 e. The summed E-state index contributed by atoms with van der Waals surface area (Å²) in [6, 6.07) is 5.59. The SMILES string of the molecule is CC(C)(C(Br)c1ccc2c(c1)C(=O)NCC2)S(C)(=O)=O. The first-order valence-corrected chi connectivity index (χ1v) is 9.20. The first kappa shape index (κ1) is 15.5. The van der Waals surface area contributed by atoms with Gasteiger partial charge < -0.3 is 5.32 Å². The molecule has 2 rings (SSSR count). The molecule has 6 heteroatoms. The Bertz CT molecular complexity index is 652. The van der Waals surface area contributed by atoms with Crippen LogP contribution in [-0.2, 0) is 16.3 Å². The van der Waals surface area contributed by atoms with Gasteiger partial charge in [0.1, 0.15) is 0 Å². The molecule has 1 atom stereocenters. The van der Waals surface area contributed by atoms with Crippen molar-refractivity contribution in [1.82, 2.24) is 5.32 Å². The average molecular weight is 360 g/mol. The van der Waals surface area contributed by atoms with E-state index in [2.05, 4.69) is 21.2 Å². The first-order valence-electron chi connectivity index (χ1n) is 6.39. The number of amides is 1. The zero-order valence-corrected chi connectivity index (χ0v) is 14.1. The molecule has 0 bridgehead atoms. The minimum absolute atomic E-state index is 0.0926. The highest BCUT2D eigenvalue weighted by Gasteiger charge is 2.38. The Labute approximate surface area is 128 Å². The summed E-state index contributed by atoms with van der Waals surface area (Å²) >= 11 is 3.48.